The van der Waals surface area contributed by atoms with E-state index in [1.165, 1.54) is 0 Å². The van der Waals surface area contributed by atoms with Crippen molar-refractivity contribution in [3.05, 3.63) is 71.3 Å². The molecule has 1 fully saturated rings. The van der Waals surface area contributed by atoms with Crippen molar-refractivity contribution in [2.45, 2.75) is 26.2 Å². The van der Waals surface area contributed by atoms with Crippen LogP contribution in [-0.2, 0) is 0 Å². The lowest BCUT2D eigenvalue weighted by Gasteiger charge is -2.32. The Kier molecular flexibility index (Phi) is 6.05. The van der Waals surface area contributed by atoms with Crippen molar-refractivity contribution < 1.29 is 9.59 Å². The molecule has 2 amide bonds. The lowest BCUT2D eigenvalue weighted by atomic mass is 9.93. The standard InChI is InChI=1S/C22H26N2O2/c1-17-6-5-9-20(16-17)21(25)23-13-10-18-11-14-24(15-12-18)22(26)19-7-3-2-4-8-19/h2-9,16,18H,10-15H2,1H3,(H,23,25). The van der Waals surface area contributed by atoms with Gasteiger partial charge in [-0.05, 0) is 56.4 Å². The number of piperidine rings is 1. The van der Waals surface area contributed by atoms with E-state index in [9.17, 15) is 9.59 Å². The normalized spacial score (nSPS) is 14.9. The van der Waals surface area contributed by atoms with Gasteiger partial charge in [-0.25, -0.2) is 0 Å². The summed E-state index contributed by atoms with van der Waals surface area (Å²) in [5.74, 6) is 0.676. The Hall–Kier alpha value is -2.62. The second-order valence-corrected chi connectivity index (χ2v) is 7.02. The maximum Gasteiger partial charge on any atom is 0.253 e. The molecular formula is C22H26N2O2. The van der Waals surface area contributed by atoms with E-state index < -0.39 is 0 Å². The SMILES string of the molecule is Cc1cccc(C(=O)NCCC2CCN(C(=O)c3ccccc3)CC2)c1. The summed E-state index contributed by atoms with van der Waals surface area (Å²) in [5.41, 5.74) is 2.57. The molecule has 0 atom stereocenters. The minimum atomic E-state index is -0.00890. The lowest BCUT2D eigenvalue weighted by Crippen LogP contribution is -2.39. The molecule has 1 heterocycles. The number of rotatable bonds is 5. The van der Waals surface area contributed by atoms with Crippen molar-refractivity contribution in [2.75, 3.05) is 19.6 Å². The van der Waals surface area contributed by atoms with Crippen LogP contribution < -0.4 is 5.32 Å². The molecule has 0 radical (unpaired) electrons. The minimum absolute atomic E-state index is 0.00890. The second kappa shape index (κ2) is 8.65. The Labute approximate surface area is 155 Å². The summed E-state index contributed by atoms with van der Waals surface area (Å²) in [6.45, 7) is 4.26. The van der Waals surface area contributed by atoms with Crippen molar-refractivity contribution in [2.24, 2.45) is 5.92 Å². The van der Waals surface area contributed by atoms with E-state index in [1.54, 1.807) is 0 Å². The van der Waals surface area contributed by atoms with Gasteiger partial charge in [0.15, 0.2) is 0 Å². The van der Waals surface area contributed by atoms with Crippen LogP contribution in [0.4, 0.5) is 0 Å². The quantitative estimate of drug-likeness (QED) is 0.894. The van der Waals surface area contributed by atoms with Crippen LogP contribution in [0.25, 0.3) is 0 Å². The molecule has 4 heteroatoms. The number of nitrogens with one attached hydrogen (secondary N) is 1. The van der Waals surface area contributed by atoms with Gasteiger partial charge in [0.05, 0.1) is 0 Å². The molecule has 136 valence electrons. The molecule has 1 saturated heterocycles. The van der Waals surface area contributed by atoms with E-state index in [0.717, 1.165) is 43.5 Å². The van der Waals surface area contributed by atoms with Gasteiger partial charge in [0.2, 0.25) is 0 Å². The van der Waals surface area contributed by atoms with Gasteiger partial charge in [0, 0.05) is 30.8 Å². The van der Waals surface area contributed by atoms with Crippen molar-refractivity contribution in [1.29, 1.82) is 0 Å². The summed E-state index contributed by atoms with van der Waals surface area (Å²) in [4.78, 5) is 26.6. The molecule has 1 aliphatic heterocycles. The fourth-order valence-electron chi connectivity index (χ4n) is 3.47. The summed E-state index contributed by atoms with van der Waals surface area (Å²) >= 11 is 0. The van der Waals surface area contributed by atoms with E-state index in [-0.39, 0.29) is 11.8 Å². The third-order valence-corrected chi connectivity index (χ3v) is 5.04. The Morgan fingerprint density at radius 1 is 1.00 bits per heavy atom. The first kappa shape index (κ1) is 18.2. The van der Waals surface area contributed by atoms with Crippen LogP contribution in [0.15, 0.2) is 54.6 Å². The summed E-state index contributed by atoms with van der Waals surface area (Å²) in [6, 6.07) is 17.1. The largest absolute Gasteiger partial charge is 0.352 e. The molecule has 1 N–H and O–H groups in total. The Morgan fingerprint density at radius 2 is 1.69 bits per heavy atom. The molecule has 4 nitrogen and oxygen atoms in total. The van der Waals surface area contributed by atoms with Crippen LogP contribution in [0.5, 0.6) is 0 Å². The average Bonchev–Trinajstić information content (AvgIpc) is 2.68. The number of likely N-dealkylation sites (tertiary alicyclic amines) is 1. The van der Waals surface area contributed by atoms with Gasteiger partial charge in [-0.15, -0.1) is 0 Å². The van der Waals surface area contributed by atoms with E-state index >= 15 is 0 Å². The number of carbonyl (C=O) groups excluding carboxylic acids is 2. The maximum atomic E-state index is 12.5. The molecule has 0 saturated carbocycles. The fraction of sp³-hybridized carbons (Fsp3) is 0.364. The van der Waals surface area contributed by atoms with Gasteiger partial charge in [0.1, 0.15) is 0 Å². The van der Waals surface area contributed by atoms with Crippen LogP contribution in [0, 0.1) is 12.8 Å². The molecule has 3 rings (SSSR count). The van der Waals surface area contributed by atoms with Crippen LogP contribution >= 0.6 is 0 Å². The average molecular weight is 350 g/mol. The number of nitrogens with zero attached hydrogens (tertiary/aromatic N) is 1. The Bertz CT molecular complexity index is 750. The highest BCUT2D eigenvalue weighted by atomic mass is 16.2. The number of benzene rings is 2. The van der Waals surface area contributed by atoms with E-state index in [1.807, 2.05) is 66.4 Å². The van der Waals surface area contributed by atoms with Crippen molar-refractivity contribution >= 4 is 11.8 Å². The molecule has 2 aromatic carbocycles. The van der Waals surface area contributed by atoms with Crippen molar-refractivity contribution in [3.63, 3.8) is 0 Å². The van der Waals surface area contributed by atoms with Gasteiger partial charge >= 0.3 is 0 Å². The molecular weight excluding hydrogens is 324 g/mol. The molecule has 0 spiro atoms. The molecule has 0 aliphatic carbocycles. The molecule has 0 bridgehead atoms. The molecule has 0 unspecified atom stereocenters. The minimum Gasteiger partial charge on any atom is -0.352 e. The van der Waals surface area contributed by atoms with E-state index in [4.69, 9.17) is 0 Å². The smallest absolute Gasteiger partial charge is 0.253 e. The number of aryl methyl sites for hydroxylation is 1. The topological polar surface area (TPSA) is 49.4 Å². The summed E-state index contributed by atoms with van der Waals surface area (Å²) in [6.07, 6.45) is 2.96. The molecule has 0 aromatic heterocycles. The summed E-state index contributed by atoms with van der Waals surface area (Å²) in [7, 11) is 0. The number of hydrogen-bond donors (Lipinski definition) is 1. The Morgan fingerprint density at radius 3 is 2.38 bits per heavy atom. The number of carbonyl (C=O) groups is 2. The molecule has 2 aromatic rings. The van der Waals surface area contributed by atoms with E-state index in [0.29, 0.717) is 18.0 Å². The highest BCUT2D eigenvalue weighted by Crippen LogP contribution is 2.21. The first-order valence-electron chi connectivity index (χ1n) is 9.32. The van der Waals surface area contributed by atoms with E-state index in [2.05, 4.69) is 5.32 Å². The van der Waals surface area contributed by atoms with Crippen LogP contribution in [-0.4, -0.2) is 36.3 Å². The second-order valence-electron chi connectivity index (χ2n) is 7.02. The summed E-state index contributed by atoms with van der Waals surface area (Å²) < 4.78 is 0. The van der Waals surface area contributed by atoms with Gasteiger partial charge < -0.3 is 10.2 Å². The highest BCUT2D eigenvalue weighted by Gasteiger charge is 2.23. The number of hydrogen-bond acceptors (Lipinski definition) is 2. The number of amides is 2. The zero-order valence-electron chi connectivity index (χ0n) is 15.3. The predicted molar refractivity (Wildman–Crippen MR) is 103 cm³/mol. The maximum absolute atomic E-state index is 12.5. The van der Waals surface area contributed by atoms with Crippen molar-refractivity contribution in [1.82, 2.24) is 10.2 Å². The first-order valence-corrected chi connectivity index (χ1v) is 9.32. The zero-order valence-corrected chi connectivity index (χ0v) is 15.3. The third kappa shape index (κ3) is 4.72. The van der Waals surface area contributed by atoms with Gasteiger partial charge in [-0.1, -0.05) is 35.9 Å². The van der Waals surface area contributed by atoms with Crippen LogP contribution in [0.1, 0.15) is 45.5 Å². The predicted octanol–water partition coefficient (Wildman–Crippen LogP) is 3.67. The van der Waals surface area contributed by atoms with Crippen LogP contribution in [0.3, 0.4) is 0 Å². The van der Waals surface area contributed by atoms with Crippen molar-refractivity contribution in [3.8, 4) is 0 Å². The highest BCUT2D eigenvalue weighted by molar-refractivity contribution is 5.94. The third-order valence-electron chi connectivity index (χ3n) is 5.04. The summed E-state index contributed by atoms with van der Waals surface area (Å²) in [5, 5.41) is 3.01. The molecule has 26 heavy (non-hydrogen) atoms. The monoisotopic (exact) mass is 350 g/mol. The first-order chi connectivity index (χ1) is 12.6. The lowest BCUT2D eigenvalue weighted by molar-refractivity contribution is 0.0687. The van der Waals surface area contributed by atoms with Crippen LogP contribution in [0.2, 0.25) is 0 Å². The van der Waals surface area contributed by atoms with Gasteiger partial charge in [-0.2, -0.15) is 0 Å². The fourth-order valence-corrected chi connectivity index (χ4v) is 3.47. The van der Waals surface area contributed by atoms with Gasteiger partial charge in [0.25, 0.3) is 11.8 Å². The van der Waals surface area contributed by atoms with Gasteiger partial charge in [-0.3, -0.25) is 9.59 Å². The zero-order chi connectivity index (χ0) is 18.4. The molecule has 1 aliphatic rings. The Balaban J connectivity index is 1.40.